The van der Waals surface area contributed by atoms with Gasteiger partial charge >= 0.3 is 0 Å². The van der Waals surface area contributed by atoms with Crippen molar-refractivity contribution in [2.45, 2.75) is 0 Å². The zero-order valence-electron chi connectivity index (χ0n) is 14.1. The van der Waals surface area contributed by atoms with Gasteiger partial charge in [-0.2, -0.15) is 0 Å². The number of halogens is 1. The largest absolute Gasteiger partial charge is 0.269 e. The number of hydrogen-bond donors (Lipinski definition) is 2. The zero-order chi connectivity index (χ0) is 18.6. The predicted molar refractivity (Wildman–Crippen MR) is 108 cm³/mol. The van der Waals surface area contributed by atoms with Crippen LogP contribution in [-0.2, 0) is 0 Å². The summed E-state index contributed by atoms with van der Waals surface area (Å²) < 4.78 is 0.947. The number of fused-ring (bicyclic) bond motifs is 1. The molecule has 2 aromatic heterocycles. The minimum atomic E-state index is -0.293. The number of hydrazine groups is 1. The minimum absolute atomic E-state index is 0.293. The van der Waals surface area contributed by atoms with Gasteiger partial charge in [-0.05, 0) is 30.3 Å². The van der Waals surface area contributed by atoms with Gasteiger partial charge in [0.15, 0.2) is 0 Å². The third-order valence-electron chi connectivity index (χ3n) is 3.94. The summed E-state index contributed by atoms with van der Waals surface area (Å²) >= 11 is 3.50. The molecule has 2 N–H and O–H groups in total. The molecule has 2 aromatic carbocycles. The Morgan fingerprint density at radius 1 is 0.926 bits per heavy atom. The van der Waals surface area contributed by atoms with Crippen molar-refractivity contribution in [3.8, 4) is 11.3 Å². The average Bonchev–Trinajstić information content (AvgIpc) is 2.73. The van der Waals surface area contributed by atoms with Gasteiger partial charge in [0, 0.05) is 33.4 Å². The number of carbonyl (C=O) groups excluding carboxylic acids is 1. The number of benzene rings is 2. The minimum Gasteiger partial charge on any atom is -0.267 e. The van der Waals surface area contributed by atoms with Crippen molar-refractivity contribution in [1.82, 2.24) is 20.4 Å². The number of anilines is 1. The monoisotopic (exact) mass is 419 g/mol. The van der Waals surface area contributed by atoms with Gasteiger partial charge in [-0.25, -0.2) is 9.97 Å². The second-order valence-corrected chi connectivity index (χ2v) is 6.65. The lowest BCUT2D eigenvalue weighted by Gasteiger charge is -2.11. The highest BCUT2D eigenvalue weighted by Gasteiger charge is 2.11. The van der Waals surface area contributed by atoms with E-state index in [0.717, 1.165) is 26.6 Å². The summed E-state index contributed by atoms with van der Waals surface area (Å²) in [5, 5.41) is 0.918. The van der Waals surface area contributed by atoms with Crippen molar-refractivity contribution >= 4 is 38.7 Å². The van der Waals surface area contributed by atoms with Crippen LogP contribution >= 0.6 is 15.9 Å². The van der Waals surface area contributed by atoms with E-state index in [4.69, 9.17) is 0 Å². The molecule has 0 aliphatic rings. The van der Waals surface area contributed by atoms with E-state index >= 15 is 0 Å². The molecular formula is C20H14BrN5O. The van der Waals surface area contributed by atoms with Gasteiger partial charge in [0.1, 0.15) is 0 Å². The molecule has 0 radical (unpaired) electrons. The maximum absolute atomic E-state index is 12.2. The quantitative estimate of drug-likeness (QED) is 0.484. The van der Waals surface area contributed by atoms with E-state index in [1.807, 2.05) is 48.5 Å². The lowest BCUT2D eigenvalue weighted by Crippen LogP contribution is -2.30. The maximum atomic E-state index is 12.2. The molecular weight excluding hydrogens is 406 g/mol. The van der Waals surface area contributed by atoms with Gasteiger partial charge in [-0.3, -0.25) is 20.6 Å². The van der Waals surface area contributed by atoms with E-state index < -0.39 is 0 Å². The Labute approximate surface area is 163 Å². The Balaban J connectivity index is 1.69. The molecule has 0 bridgehead atoms. The molecule has 7 heteroatoms. The number of aromatic nitrogens is 3. The van der Waals surface area contributed by atoms with Gasteiger partial charge < -0.3 is 0 Å². The summed E-state index contributed by atoms with van der Waals surface area (Å²) in [7, 11) is 0. The number of nitrogens with one attached hydrogen (secondary N) is 2. The summed E-state index contributed by atoms with van der Waals surface area (Å²) in [4.78, 5) is 25.2. The molecule has 0 saturated heterocycles. The molecule has 0 saturated carbocycles. The van der Waals surface area contributed by atoms with Crippen molar-refractivity contribution in [1.29, 1.82) is 0 Å². The van der Waals surface area contributed by atoms with Crippen molar-refractivity contribution in [2.24, 2.45) is 0 Å². The molecule has 2 heterocycles. The van der Waals surface area contributed by atoms with E-state index in [0.29, 0.717) is 11.5 Å². The Hall–Kier alpha value is -3.32. The molecule has 27 heavy (non-hydrogen) atoms. The van der Waals surface area contributed by atoms with E-state index in [1.165, 1.54) is 0 Å². The first-order chi connectivity index (χ1) is 13.2. The number of rotatable bonds is 4. The Kier molecular flexibility index (Phi) is 4.76. The Morgan fingerprint density at radius 3 is 2.48 bits per heavy atom. The Bertz CT molecular complexity index is 1100. The highest BCUT2D eigenvalue weighted by Crippen LogP contribution is 2.29. The third kappa shape index (κ3) is 3.78. The van der Waals surface area contributed by atoms with Crippen LogP contribution in [0.25, 0.3) is 22.2 Å². The van der Waals surface area contributed by atoms with Gasteiger partial charge in [-0.15, -0.1) is 0 Å². The van der Waals surface area contributed by atoms with Crippen LogP contribution < -0.4 is 10.9 Å². The van der Waals surface area contributed by atoms with Crippen LogP contribution in [0.1, 0.15) is 10.4 Å². The number of carbonyl (C=O) groups is 1. The van der Waals surface area contributed by atoms with Crippen molar-refractivity contribution < 1.29 is 4.79 Å². The lowest BCUT2D eigenvalue weighted by molar-refractivity contribution is 0.0962. The SMILES string of the molecule is O=C(NNc1nc(-c2ccccc2)c2cc(Br)ccc2n1)c1ccncc1. The molecule has 0 atom stereocenters. The van der Waals surface area contributed by atoms with Crippen molar-refractivity contribution in [2.75, 3.05) is 5.43 Å². The molecule has 0 aliphatic carbocycles. The number of pyridine rings is 1. The fourth-order valence-corrected chi connectivity index (χ4v) is 3.02. The molecule has 4 aromatic rings. The van der Waals surface area contributed by atoms with E-state index in [-0.39, 0.29) is 5.91 Å². The highest BCUT2D eigenvalue weighted by molar-refractivity contribution is 9.10. The molecule has 0 spiro atoms. The first-order valence-corrected chi connectivity index (χ1v) is 8.99. The summed E-state index contributed by atoms with van der Waals surface area (Å²) in [5.74, 6) is 0.0178. The molecule has 6 nitrogen and oxygen atoms in total. The summed E-state index contributed by atoms with van der Waals surface area (Å²) in [6, 6.07) is 18.9. The van der Waals surface area contributed by atoms with Crippen LogP contribution in [0, 0.1) is 0 Å². The molecule has 0 aliphatic heterocycles. The highest BCUT2D eigenvalue weighted by atomic mass is 79.9. The molecule has 132 valence electrons. The maximum Gasteiger partial charge on any atom is 0.269 e. The van der Waals surface area contributed by atoms with Crippen LogP contribution in [-0.4, -0.2) is 20.9 Å². The second-order valence-electron chi connectivity index (χ2n) is 5.74. The standard InChI is InChI=1S/C20H14BrN5O/c21-15-6-7-17-16(12-15)18(13-4-2-1-3-5-13)24-20(23-17)26-25-19(27)14-8-10-22-11-9-14/h1-12H,(H,25,27)(H,23,24,26). The topological polar surface area (TPSA) is 79.8 Å². The Morgan fingerprint density at radius 2 is 1.70 bits per heavy atom. The van der Waals surface area contributed by atoms with Crippen LogP contribution in [0.15, 0.2) is 77.5 Å². The third-order valence-corrected chi connectivity index (χ3v) is 4.43. The number of nitrogens with zero attached hydrogens (tertiary/aromatic N) is 3. The van der Waals surface area contributed by atoms with Crippen LogP contribution in [0.3, 0.4) is 0 Å². The zero-order valence-corrected chi connectivity index (χ0v) is 15.6. The summed E-state index contributed by atoms with van der Waals surface area (Å²) in [6.45, 7) is 0. The second kappa shape index (κ2) is 7.51. The van der Waals surface area contributed by atoms with Crippen molar-refractivity contribution in [3.63, 3.8) is 0 Å². The fourth-order valence-electron chi connectivity index (χ4n) is 2.66. The van der Waals surface area contributed by atoms with E-state index in [9.17, 15) is 4.79 Å². The van der Waals surface area contributed by atoms with Crippen LogP contribution in [0.2, 0.25) is 0 Å². The number of hydrogen-bond acceptors (Lipinski definition) is 5. The molecule has 0 unspecified atom stereocenters. The van der Waals surface area contributed by atoms with Gasteiger partial charge in [-0.1, -0.05) is 46.3 Å². The van der Waals surface area contributed by atoms with Gasteiger partial charge in [0.25, 0.3) is 5.91 Å². The first-order valence-electron chi connectivity index (χ1n) is 8.20. The number of amides is 1. The van der Waals surface area contributed by atoms with Gasteiger partial charge in [0.2, 0.25) is 5.95 Å². The molecule has 0 fully saturated rings. The normalized spacial score (nSPS) is 10.6. The summed E-state index contributed by atoms with van der Waals surface area (Å²) in [5.41, 5.74) is 8.43. The van der Waals surface area contributed by atoms with E-state index in [2.05, 4.69) is 41.7 Å². The van der Waals surface area contributed by atoms with Gasteiger partial charge in [0.05, 0.1) is 11.2 Å². The van der Waals surface area contributed by atoms with Crippen molar-refractivity contribution in [3.05, 3.63) is 83.1 Å². The lowest BCUT2D eigenvalue weighted by atomic mass is 10.1. The average molecular weight is 420 g/mol. The molecule has 1 amide bonds. The smallest absolute Gasteiger partial charge is 0.267 e. The predicted octanol–water partition coefficient (Wildman–Crippen LogP) is 4.21. The first kappa shape index (κ1) is 17.1. The van der Waals surface area contributed by atoms with Crippen LogP contribution in [0.4, 0.5) is 5.95 Å². The van der Waals surface area contributed by atoms with Crippen LogP contribution in [0.5, 0.6) is 0 Å². The summed E-state index contributed by atoms with van der Waals surface area (Å²) in [6.07, 6.45) is 3.12. The van der Waals surface area contributed by atoms with E-state index in [1.54, 1.807) is 24.5 Å². The fraction of sp³-hybridized carbons (Fsp3) is 0. The molecule has 4 rings (SSSR count).